The highest BCUT2D eigenvalue weighted by Gasteiger charge is 2.48. The number of ether oxygens (including phenoxy) is 2. The van der Waals surface area contributed by atoms with Crippen LogP contribution in [0.4, 0.5) is 8.78 Å². The van der Waals surface area contributed by atoms with E-state index in [0.29, 0.717) is 12.0 Å². The van der Waals surface area contributed by atoms with Crippen LogP contribution < -0.4 is 16.0 Å². The number of carbonyl (C=O) groups is 4. The fourth-order valence-corrected chi connectivity index (χ4v) is 4.28. The van der Waals surface area contributed by atoms with Crippen molar-refractivity contribution in [2.24, 2.45) is 5.92 Å². The first-order chi connectivity index (χ1) is 20.9. The summed E-state index contributed by atoms with van der Waals surface area (Å²) in [5.74, 6) is -3.24. The maximum absolute atomic E-state index is 13.5. The Balaban J connectivity index is 1.77. The predicted molar refractivity (Wildman–Crippen MR) is 157 cm³/mol. The zero-order valence-corrected chi connectivity index (χ0v) is 24.9. The van der Waals surface area contributed by atoms with Crippen molar-refractivity contribution in [2.45, 2.75) is 70.4 Å². The zero-order chi connectivity index (χ0) is 32.3. The Bertz CT molecular complexity index is 1300. The lowest BCUT2D eigenvalue weighted by atomic mass is 10.0. The lowest BCUT2D eigenvalue weighted by Gasteiger charge is -2.24. The molecule has 0 unspecified atom stereocenters. The summed E-state index contributed by atoms with van der Waals surface area (Å²) in [5, 5.41) is 17.8. The zero-order valence-electron chi connectivity index (χ0n) is 24.9. The smallest absolute Gasteiger partial charge is 0.345 e. The van der Waals surface area contributed by atoms with E-state index in [9.17, 15) is 33.1 Å². The van der Waals surface area contributed by atoms with Crippen LogP contribution in [0.3, 0.4) is 0 Å². The molecule has 0 aliphatic carbocycles. The second-order valence-electron chi connectivity index (χ2n) is 11.1. The van der Waals surface area contributed by atoms with Crippen molar-refractivity contribution < 1.29 is 42.5 Å². The summed E-state index contributed by atoms with van der Waals surface area (Å²) in [4.78, 5) is 52.6. The van der Waals surface area contributed by atoms with Crippen molar-refractivity contribution in [3.05, 3.63) is 83.6 Å². The van der Waals surface area contributed by atoms with Gasteiger partial charge in [-0.2, -0.15) is 8.78 Å². The molecule has 4 N–H and O–H groups in total. The minimum atomic E-state index is -3.24. The number of benzene rings is 2. The number of epoxide rings is 1. The maximum atomic E-state index is 13.5. The number of hydrogen-bond acceptors (Lipinski definition) is 7. The lowest BCUT2D eigenvalue weighted by Crippen LogP contribution is -2.57. The number of Topliss-reactive ketones (excluding diaryl/α,β-unsaturated/α-hetero) is 1. The van der Waals surface area contributed by atoms with Gasteiger partial charge in [-0.25, -0.2) is 0 Å². The van der Waals surface area contributed by atoms with Crippen LogP contribution in [-0.4, -0.2) is 72.2 Å². The molecule has 2 aromatic rings. The van der Waals surface area contributed by atoms with Gasteiger partial charge in [-0.15, -0.1) is 0 Å². The molecule has 0 bridgehead atoms. The van der Waals surface area contributed by atoms with Crippen molar-refractivity contribution in [3.8, 4) is 0 Å². The van der Waals surface area contributed by atoms with Crippen molar-refractivity contribution in [3.63, 3.8) is 0 Å². The number of allylic oxidation sites excluding steroid dienone is 1. The number of hydrogen-bond donors (Lipinski definition) is 4. The molecule has 238 valence electrons. The monoisotopic (exact) mass is 615 g/mol. The SMILES string of the molecule is CC(C)/C=C(/NC(=O)[C@H](Cc1ccccc1)NC(=O)[C@H](COC(F)F)NC(=O)[C@@H](O)CCc1ccccc1)C(=O)[C@@]1(C)CO1. The van der Waals surface area contributed by atoms with Crippen molar-refractivity contribution in [1.82, 2.24) is 16.0 Å². The molecule has 1 aliphatic rings. The topological polar surface area (TPSA) is 146 Å². The average molecular weight is 616 g/mol. The van der Waals surface area contributed by atoms with Gasteiger partial charge >= 0.3 is 6.61 Å². The predicted octanol–water partition coefficient (Wildman–Crippen LogP) is 2.45. The maximum Gasteiger partial charge on any atom is 0.345 e. The fourth-order valence-electron chi connectivity index (χ4n) is 4.28. The van der Waals surface area contributed by atoms with Gasteiger partial charge in [-0.05, 0) is 36.8 Å². The molecule has 1 saturated heterocycles. The van der Waals surface area contributed by atoms with Crippen LogP contribution in [0.15, 0.2) is 72.4 Å². The van der Waals surface area contributed by atoms with Gasteiger partial charge in [0.05, 0.1) is 18.9 Å². The highest BCUT2D eigenvalue weighted by atomic mass is 19.3. The summed E-state index contributed by atoms with van der Waals surface area (Å²) in [6.07, 6.45) is 0.381. The number of carbonyl (C=O) groups excluding carboxylic acids is 4. The number of aryl methyl sites for hydroxylation is 1. The minimum Gasteiger partial charge on any atom is -0.383 e. The van der Waals surface area contributed by atoms with Crippen LogP contribution in [-0.2, 0) is 41.5 Å². The Hall–Kier alpha value is -4.00. The molecule has 10 nitrogen and oxygen atoms in total. The molecule has 1 fully saturated rings. The Kier molecular flexibility index (Phi) is 12.7. The second-order valence-corrected chi connectivity index (χ2v) is 11.1. The van der Waals surface area contributed by atoms with Crippen LogP contribution in [0.5, 0.6) is 0 Å². The molecule has 1 heterocycles. The molecule has 0 aromatic heterocycles. The second kappa shape index (κ2) is 16.2. The molecular weight excluding hydrogens is 576 g/mol. The minimum absolute atomic E-state index is 0.00438. The average Bonchev–Trinajstić information content (AvgIpc) is 3.75. The summed E-state index contributed by atoms with van der Waals surface area (Å²) in [6, 6.07) is 14.8. The highest BCUT2D eigenvalue weighted by Crippen LogP contribution is 2.29. The van der Waals surface area contributed by atoms with E-state index in [4.69, 9.17) is 4.74 Å². The summed E-state index contributed by atoms with van der Waals surface area (Å²) in [7, 11) is 0. The summed E-state index contributed by atoms with van der Waals surface area (Å²) >= 11 is 0. The molecule has 44 heavy (non-hydrogen) atoms. The third kappa shape index (κ3) is 10.9. The van der Waals surface area contributed by atoms with Gasteiger partial charge in [0, 0.05) is 6.42 Å². The van der Waals surface area contributed by atoms with E-state index in [-0.39, 0.29) is 31.1 Å². The van der Waals surface area contributed by atoms with Crippen LogP contribution >= 0.6 is 0 Å². The van der Waals surface area contributed by atoms with Crippen molar-refractivity contribution in [1.29, 1.82) is 0 Å². The molecule has 2 aromatic carbocycles. The Morgan fingerprint density at radius 1 is 0.932 bits per heavy atom. The fraction of sp³-hybridized carbons (Fsp3) is 0.438. The first kappa shape index (κ1) is 34.5. The van der Waals surface area contributed by atoms with Gasteiger partial charge in [0.15, 0.2) is 5.60 Å². The first-order valence-corrected chi connectivity index (χ1v) is 14.4. The molecule has 4 atom stereocenters. The molecular formula is C32H39F2N3O7. The third-order valence-corrected chi connectivity index (χ3v) is 6.85. The number of amides is 3. The Labute approximate surface area is 255 Å². The van der Waals surface area contributed by atoms with E-state index in [1.54, 1.807) is 43.3 Å². The molecule has 12 heteroatoms. The molecule has 3 amide bonds. The van der Waals surface area contributed by atoms with Crippen molar-refractivity contribution in [2.75, 3.05) is 13.2 Å². The van der Waals surface area contributed by atoms with Gasteiger partial charge in [0.25, 0.3) is 0 Å². The summed E-state index contributed by atoms with van der Waals surface area (Å²) in [5.41, 5.74) is 0.475. The van der Waals surface area contributed by atoms with Gasteiger partial charge in [-0.1, -0.05) is 80.6 Å². The molecule has 3 rings (SSSR count). The van der Waals surface area contributed by atoms with E-state index in [1.165, 1.54) is 0 Å². The van der Waals surface area contributed by atoms with Crippen LogP contribution in [0.1, 0.15) is 38.3 Å². The number of rotatable bonds is 17. The van der Waals surface area contributed by atoms with E-state index < -0.39 is 60.5 Å². The summed E-state index contributed by atoms with van der Waals surface area (Å²) in [6.45, 7) is 1.28. The van der Waals surface area contributed by atoms with Crippen LogP contribution in [0, 0.1) is 5.92 Å². The van der Waals surface area contributed by atoms with Crippen LogP contribution in [0.25, 0.3) is 0 Å². The van der Waals surface area contributed by atoms with Crippen LogP contribution in [0.2, 0.25) is 0 Å². The number of aliphatic hydroxyl groups excluding tert-OH is 1. The summed E-state index contributed by atoms with van der Waals surface area (Å²) < 4.78 is 35.4. The lowest BCUT2D eigenvalue weighted by molar-refractivity contribution is -0.149. The van der Waals surface area contributed by atoms with Gasteiger partial charge in [0.2, 0.25) is 23.5 Å². The van der Waals surface area contributed by atoms with Gasteiger partial charge in [0.1, 0.15) is 18.2 Å². The van der Waals surface area contributed by atoms with Gasteiger partial charge < -0.3 is 30.5 Å². The first-order valence-electron chi connectivity index (χ1n) is 14.4. The quantitative estimate of drug-likeness (QED) is 0.158. The molecule has 0 radical (unpaired) electrons. The van der Waals surface area contributed by atoms with Crippen molar-refractivity contribution >= 4 is 23.5 Å². The molecule has 0 saturated carbocycles. The van der Waals surface area contributed by atoms with E-state index in [2.05, 4.69) is 20.7 Å². The Morgan fingerprint density at radius 3 is 2.05 bits per heavy atom. The van der Waals surface area contributed by atoms with E-state index >= 15 is 0 Å². The number of aliphatic hydroxyl groups is 1. The largest absolute Gasteiger partial charge is 0.383 e. The number of nitrogens with one attached hydrogen (secondary N) is 3. The number of ketones is 1. The number of alkyl halides is 2. The van der Waals surface area contributed by atoms with E-state index in [0.717, 1.165) is 5.56 Å². The Morgan fingerprint density at radius 2 is 1.50 bits per heavy atom. The standard InChI is InChI=1S/C32H39F2N3O7/c1-20(2)16-23(27(39)32(3)19-44-32)35-28(40)24(17-22-12-8-5-9-13-22)36-29(41)25(18-43-31(33)34)37-30(42)26(38)15-14-21-10-6-4-7-11-21/h4-13,16,20,24-26,31,38H,14-15,17-19H2,1-3H3,(H,35,40)(H,36,41)(H,37,42)/b23-16+/t24-,25-,26-,32+/m0/s1. The molecule has 0 spiro atoms. The third-order valence-electron chi connectivity index (χ3n) is 6.85. The normalized spacial score (nSPS) is 18.3. The highest BCUT2D eigenvalue weighted by molar-refractivity contribution is 6.06. The van der Waals surface area contributed by atoms with E-state index in [1.807, 2.05) is 44.2 Å². The number of halogens is 2. The molecule has 1 aliphatic heterocycles. The van der Waals surface area contributed by atoms with Gasteiger partial charge in [-0.3, -0.25) is 19.2 Å².